The lowest BCUT2D eigenvalue weighted by Crippen LogP contribution is -2.17. The number of ether oxygens (including phenoxy) is 2. The van der Waals surface area contributed by atoms with Gasteiger partial charge in [-0.15, -0.1) is 22.6 Å². The van der Waals surface area contributed by atoms with Gasteiger partial charge in [-0.2, -0.15) is 4.37 Å². The van der Waals surface area contributed by atoms with Gasteiger partial charge in [0.05, 0.1) is 18.8 Å². The zero-order chi connectivity index (χ0) is 18.7. The van der Waals surface area contributed by atoms with Crippen molar-refractivity contribution in [3.05, 3.63) is 35.8 Å². The Morgan fingerprint density at radius 1 is 1.19 bits per heavy atom. The molecule has 0 N–H and O–H groups in total. The third-order valence-electron chi connectivity index (χ3n) is 3.13. The average Bonchev–Trinajstić information content (AvgIpc) is 3.20. The van der Waals surface area contributed by atoms with E-state index in [1.807, 2.05) is 19.1 Å². The summed E-state index contributed by atoms with van der Waals surface area (Å²) in [4.78, 5) is 4.19. The Hall–Kier alpha value is -2.95. The number of benzene rings is 1. The van der Waals surface area contributed by atoms with Crippen LogP contribution in [0, 0.1) is 6.92 Å². The Balaban J connectivity index is 1.80. The number of hydrogen-bond donors (Lipinski definition) is 0. The molecule has 0 amide bonds. The molecule has 0 spiro atoms. The van der Waals surface area contributed by atoms with Crippen LogP contribution >= 0.6 is 11.7 Å². The lowest BCUT2D eigenvalue weighted by Gasteiger charge is -2.05. The molecule has 0 fully saturated rings. The zero-order valence-corrected chi connectivity index (χ0v) is 14.4. The molecule has 0 bridgehead atoms. The number of hydrogen-bond acceptors (Lipinski definition) is 7. The maximum Gasteiger partial charge on any atom is 0.574 e. The van der Waals surface area contributed by atoms with E-state index in [0.717, 1.165) is 11.1 Å². The first-order valence-corrected chi connectivity index (χ1v) is 7.91. The Kier molecular flexibility index (Phi) is 4.89. The lowest BCUT2D eigenvalue weighted by molar-refractivity contribution is -0.276. The van der Waals surface area contributed by atoms with Gasteiger partial charge in [-0.05, 0) is 36.8 Å². The van der Waals surface area contributed by atoms with Crippen molar-refractivity contribution in [3.8, 4) is 23.0 Å². The quantitative estimate of drug-likeness (QED) is 0.670. The minimum Gasteiger partial charge on any atom is -0.497 e. The molecule has 0 aliphatic carbocycles. The zero-order valence-electron chi connectivity index (χ0n) is 13.6. The van der Waals surface area contributed by atoms with Crippen molar-refractivity contribution >= 4 is 24.0 Å². The van der Waals surface area contributed by atoms with Gasteiger partial charge in [0.25, 0.3) is 5.88 Å². The Morgan fingerprint density at radius 2 is 2.00 bits per heavy atom. The molecule has 0 saturated heterocycles. The van der Waals surface area contributed by atoms with Gasteiger partial charge in [0.2, 0.25) is 0 Å². The van der Waals surface area contributed by atoms with Crippen LogP contribution in [0.4, 0.5) is 13.2 Å². The van der Waals surface area contributed by atoms with E-state index in [0.29, 0.717) is 23.3 Å². The van der Waals surface area contributed by atoms with Crippen LogP contribution in [0.2, 0.25) is 0 Å². The van der Waals surface area contributed by atoms with Crippen molar-refractivity contribution in [3.63, 3.8) is 0 Å². The number of methoxy groups -OCH3 is 1. The highest BCUT2D eigenvalue weighted by Crippen LogP contribution is 2.26. The monoisotopic (exact) mass is 383 g/mol. The molecule has 7 nitrogen and oxygen atoms in total. The minimum absolute atomic E-state index is 0.0541. The van der Waals surface area contributed by atoms with Gasteiger partial charge in [0, 0.05) is 11.8 Å². The molecule has 3 aromatic rings. The summed E-state index contributed by atoms with van der Waals surface area (Å²) < 4.78 is 54.5. The van der Waals surface area contributed by atoms with Crippen LogP contribution in [0.3, 0.4) is 0 Å². The fourth-order valence-corrected chi connectivity index (χ4v) is 2.56. The summed E-state index contributed by atoms with van der Waals surface area (Å²) in [6.45, 7) is 1.92. The van der Waals surface area contributed by atoms with Crippen molar-refractivity contribution in [1.82, 2.24) is 23.5 Å². The summed E-state index contributed by atoms with van der Waals surface area (Å²) in [7, 11) is 1.57. The molecule has 0 aliphatic rings. The number of alkyl halides is 3. The van der Waals surface area contributed by atoms with Gasteiger partial charge in [0.1, 0.15) is 17.8 Å². The normalized spacial score (nSPS) is 11.9. The molecular weight excluding hydrogens is 371 g/mol. The molecular formula is C15H12F3N5O2S. The van der Waals surface area contributed by atoms with Gasteiger partial charge < -0.3 is 9.47 Å². The minimum atomic E-state index is -4.83. The third kappa shape index (κ3) is 4.36. The lowest BCUT2D eigenvalue weighted by atomic mass is 10.1. The maximum absolute atomic E-state index is 12.3. The third-order valence-corrected chi connectivity index (χ3v) is 3.66. The highest BCUT2D eigenvalue weighted by atomic mass is 32.1. The van der Waals surface area contributed by atoms with Crippen LogP contribution in [0.1, 0.15) is 11.3 Å². The highest BCUT2D eigenvalue weighted by molar-refractivity contribution is 6.99. The summed E-state index contributed by atoms with van der Waals surface area (Å²) in [5.41, 5.74) is 1.68. The van der Waals surface area contributed by atoms with Gasteiger partial charge in [-0.3, -0.25) is 0 Å². The van der Waals surface area contributed by atoms with Crippen LogP contribution in [-0.4, -0.2) is 37.0 Å². The van der Waals surface area contributed by atoms with Gasteiger partial charge in [-0.25, -0.2) is 9.67 Å². The van der Waals surface area contributed by atoms with Crippen molar-refractivity contribution in [1.29, 1.82) is 0 Å². The molecule has 0 unspecified atom stereocenters. The van der Waals surface area contributed by atoms with Crippen LogP contribution < -0.4 is 9.47 Å². The van der Waals surface area contributed by atoms with Crippen LogP contribution in [-0.2, 0) is 0 Å². The summed E-state index contributed by atoms with van der Waals surface area (Å²) in [6.07, 6.45) is -0.697. The van der Waals surface area contributed by atoms with E-state index in [4.69, 9.17) is 4.74 Å². The van der Waals surface area contributed by atoms with Crippen LogP contribution in [0.5, 0.6) is 11.6 Å². The first kappa shape index (κ1) is 17.9. The first-order valence-electron chi connectivity index (χ1n) is 7.18. The fourth-order valence-electron chi connectivity index (χ4n) is 2.09. The molecule has 0 radical (unpaired) electrons. The SMILES string of the molecule is COc1cc(C)cc(-c2ncn(/C=C\c3nsnc3OC(F)(F)F)n2)c1. The number of aryl methyl sites for hydroxylation is 1. The largest absolute Gasteiger partial charge is 0.574 e. The summed E-state index contributed by atoms with van der Waals surface area (Å²) in [6, 6.07) is 5.55. The van der Waals surface area contributed by atoms with E-state index in [1.54, 1.807) is 13.2 Å². The van der Waals surface area contributed by atoms with E-state index in [-0.39, 0.29) is 5.69 Å². The number of rotatable bonds is 5. The van der Waals surface area contributed by atoms with E-state index in [9.17, 15) is 13.2 Å². The Morgan fingerprint density at radius 3 is 2.73 bits per heavy atom. The topological polar surface area (TPSA) is 75.0 Å². The average molecular weight is 383 g/mol. The smallest absolute Gasteiger partial charge is 0.497 e. The Bertz CT molecular complexity index is 936. The van der Waals surface area contributed by atoms with E-state index < -0.39 is 12.2 Å². The van der Waals surface area contributed by atoms with Gasteiger partial charge in [-0.1, -0.05) is 0 Å². The highest BCUT2D eigenvalue weighted by Gasteiger charge is 2.33. The standard InChI is InChI=1S/C15H12F3N5O2S/c1-9-5-10(7-11(6-9)24-2)13-19-8-23(20-13)4-3-12-14(22-26-21-12)25-15(16,17)18/h3-8H,1-2H3/b4-3-. The fraction of sp³-hybridized carbons (Fsp3) is 0.200. The summed E-state index contributed by atoms with van der Waals surface area (Å²) in [5.74, 6) is 0.511. The second kappa shape index (κ2) is 7.12. The molecule has 2 heterocycles. The van der Waals surface area contributed by atoms with E-state index in [2.05, 4.69) is 23.6 Å². The summed E-state index contributed by atoms with van der Waals surface area (Å²) in [5, 5.41) is 4.26. The molecule has 2 aromatic heterocycles. The molecule has 26 heavy (non-hydrogen) atoms. The second-order valence-corrected chi connectivity index (χ2v) is 5.63. The molecule has 3 rings (SSSR count). The predicted octanol–water partition coefficient (Wildman–Crippen LogP) is 3.64. The van der Waals surface area contributed by atoms with Crippen molar-refractivity contribution < 1.29 is 22.6 Å². The van der Waals surface area contributed by atoms with Crippen molar-refractivity contribution in [2.45, 2.75) is 13.3 Å². The van der Waals surface area contributed by atoms with E-state index >= 15 is 0 Å². The van der Waals surface area contributed by atoms with Gasteiger partial charge >= 0.3 is 6.36 Å². The van der Waals surface area contributed by atoms with Crippen LogP contribution in [0.25, 0.3) is 23.7 Å². The summed E-state index contributed by atoms with van der Waals surface area (Å²) >= 11 is 0.614. The molecule has 0 saturated carbocycles. The molecule has 0 atom stereocenters. The first-order chi connectivity index (χ1) is 12.3. The molecule has 136 valence electrons. The number of nitrogens with zero attached hydrogens (tertiary/aromatic N) is 5. The molecule has 1 aromatic carbocycles. The second-order valence-electron chi connectivity index (χ2n) is 5.11. The van der Waals surface area contributed by atoms with E-state index in [1.165, 1.54) is 23.3 Å². The van der Waals surface area contributed by atoms with Gasteiger partial charge in [0.15, 0.2) is 5.82 Å². The Labute approximate surface area is 150 Å². The number of aromatic nitrogens is 5. The number of halogens is 3. The predicted molar refractivity (Wildman–Crippen MR) is 88.6 cm³/mol. The van der Waals surface area contributed by atoms with Crippen LogP contribution in [0.15, 0.2) is 24.5 Å². The van der Waals surface area contributed by atoms with Crippen molar-refractivity contribution in [2.24, 2.45) is 0 Å². The maximum atomic E-state index is 12.3. The molecule has 0 aliphatic heterocycles. The molecule has 11 heteroatoms. The van der Waals surface area contributed by atoms with Crippen molar-refractivity contribution in [2.75, 3.05) is 7.11 Å².